The molecule has 0 unspecified atom stereocenters. The molecule has 0 saturated carbocycles. The second kappa shape index (κ2) is 8.35. The van der Waals surface area contributed by atoms with E-state index in [1.54, 1.807) is 0 Å². The zero-order chi connectivity index (χ0) is 19.3. The molecule has 144 valence electrons. The lowest BCUT2D eigenvalue weighted by atomic mass is 10.1. The number of benzene rings is 2. The number of fused-ring (bicyclic) bond motifs is 1. The molecule has 1 aliphatic rings. The van der Waals surface area contributed by atoms with Gasteiger partial charge in [0.15, 0.2) is 11.5 Å². The summed E-state index contributed by atoms with van der Waals surface area (Å²) in [6.07, 6.45) is 1.09. The number of likely N-dealkylation sites (N-methyl/N-ethyl adjacent to an activating group) is 1. The number of hydrogen-bond donors (Lipinski definition) is 1. The summed E-state index contributed by atoms with van der Waals surface area (Å²) in [6.45, 7) is 4.41. The quantitative estimate of drug-likeness (QED) is 0.760. The number of nitrogens with one attached hydrogen (secondary N) is 1. The van der Waals surface area contributed by atoms with Gasteiger partial charge >= 0.3 is 0 Å². The van der Waals surface area contributed by atoms with Gasteiger partial charge in [0.1, 0.15) is 0 Å². The van der Waals surface area contributed by atoms with E-state index in [-0.39, 0.29) is 5.91 Å². The van der Waals surface area contributed by atoms with Crippen molar-refractivity contribution in [2.75, 3.05) is 38.1 Å². The normalized spacial score (nSPS) is 15.4. The van der Waals surface area contributed by atoms with Crippen molar-refractivity contribution in [3.05, 3.63) is 65.9 Å². The van der Waals surface area contributed by atoms with Crippen molar-refractivity contribution < 1.29 is 4.79 Å². The van der Waals surface area contributed by atoms with Gasteiger partial charge in [-0.3, -0.25) is 4.79 Å². The van der Waals surface area contributed by atoms with Crippen LogP contribution in [0.3, 0.4) is 0 Å². The van der Waals surface area contributed by atoms with Crippen LogP contribution in [0.15, 0.2) is 54.6 Å². The molecular formula is C22H25N5O. The fourth-order valence-electron chi connectivity index (χ4n) is 3.61. The van der Waals surface area contributed by atoms with E-state index in [0.717, 1.165) is 54.8 Å². The summed E-state index contributed by atoms with van der Waals surface area (Å²) < 4.78 is 0. The molecule has 0 atom stereocenters. The van der Waals surface area contributed by atoms with Gasteiger partial charge in [0.05, 0.1) is 0 Å². The van der Waals surface area contributed by atoms with E-state index in [0.29, 0.717) is 12.2 Å². The number of aromatic nitrogens is 2. The Hall–Kier alpha value is -2.99. The maximum absolute atomic E-state index is 12.8. The van der Waals surface area contributed by atoms with Crippen LogP contribution < -0.4 is 10.2 Å². The van der Waals surface area contributed by atoms with E-state index in [1.165, 1.54) is 0 Å². The molecule has 6 nitrogen and oxygen atoms in total. The van der Waals surface area contributed by atoms with Gasteiger partial charge < -0.3 is 15.1 Å². The summed E-state index contributed by atoms with van der Waals surface area (Å²) in [4.78, 5) is 17.4. The van der Waals surface area contributed by atoms with Gasteiger partial charge in [0, 0.05) is 37.0 Å². The number of anilines is 1. The van der Waals surface area contributed by atoms with E-state index >= 15 is 0 Å². The second-order valence-corrected chi connectivity index (χ2v) is 7.23. The number of nitrogens with zero attached hydrogens (tertiary/aromatic N) is 4. The molecule has 4 rings (SSSR count). The first kappa shape index (κ1) is 18.4. The first-order valence-corrected chi connectivity index (χ1v) is 9.73. The average molecular weight is 375 g/mol. The summed E-state index contributed by atoms with van der Waals surface area (Å²) in [7, 11) is 2.15. The fourth-order valence-corrected chi connectivity index (χ4v) is 3.61. The Labute approximate surface area is 165 Å². The standard InChI is InChI=1S/C22H25N5O/c1-26-12-7-13-27(15-14-26)21-19-11-6-5-10-18(19)20(24-25-21)22(28)23-16-17-8-3-2-4-9-17/h2-6,8-11H,7,12-16H2,1H3,(H,23,28). The van der Waals surface area contributed by atoms with Crippen LogP contribution in [0.25, 0.3) is 10.8 Å². The summed E-state index contributed by atoms with van der Waals surface area (Å²) in [6, 6.07) is 17.8. The van der Waals surface area contributed by atoms with E-state index in [4.69, 9.17) is 0 Å². The van der Waals surface area contributed by atoms with Crippen LogP contribution in [-0.4, -0.2) is 54.2 Å². The zero-order valence-corrected chi connectivity index (χ0v) is 16.1. The number of rotatable bonds is 4. The first-order chi connectivity index (χ1) is 13.7. The molecule has 2 heterocycles. The highest BCUT2D eigenvalue weighted by Gasteiger charge is 2.20. The number of carbonyl (C=O) groups excluding carboxylic acids is 1. The Balaban J connectivity index is 1.61. The molecule has 1 saturated heterocycles. The lowest BCUT2D eigenvalue weighted by Crippen LogP contribution is -2.30. The number of carbonyl (C=O) groups is 1. The predicted octanol–water partition coefficient (Wildman–Crippen LogP) is 2.70. The molecule has 1 amide bonds. The molecule has 1 aliphatic heterocycles. The molecule has 1 aromatic heterocycles. The number of amides is 1. The molecule has 0 spiro atoms. The molecule has 28 heavy (non-hydrogen) atoms. The first-order valence-electron chi connectivity index (χ1n) is 9.73. The lowest BCUT2D eigenvalue weighted by Gasteiger charge is -2.23. The van der Waals surface area contributed by atoms with Crippen LogP contribution in [0.4, 0.5) is 5.82 Å². The maximum Gasteiger partial charge on any atom is 0.272 e. The third-order valence-corrected chi connectivity index (χ3v) is 5.20. The molecule has 1 fully saturated rings. The molecule has 0 radical (unpaired) electrons. The molecule has 0 aliphatic carbocycles. The SMILES string of the molecule is CN1CCCN(c2nnc(C(=O)NCc3ccccc3)c3ccccc23)CC1. The van der Waals surface area contributed by atoms with Crippen LogP contribution in [-0.2, 0) is 6.54 Å². The fraction of sp³-hybridized carbons (Fsp3) is 0.318. The highest BCUT2D eigenvalue weighted by molar-refractivity contribution is 6.07. The molecule has 2 aromatic carbocycles. The predicted molar refractivity (Wildman–Crippen MR) is 111 cm³/mol. The van der Waals surface area contributed by atoms with Crippen LogP contribution in [0.1, 0.15) is 22.5 Å². The van der Waals surface area contributed by atoms with Crippen LogP contribution in [0.2, 0.25) is 0 Å². The highest BCUT2D eigenvalue weighted by Crippen LogP contribution is 2.26. The summed E-state index contributed by atoms with van der Waals surface area (Å²) in [5.41, 5.74) is 1.43. The average Bonchev–Trinajstić information content (AvgIpc) is 2.96. The van der Waals surface area contributed by atoms with E-state index in [9.17, 15) is 4.79 Å². The maximum atomic E-state index is 12.8. The molecular weight excluding hydrogens is 350 g/mol. The topological polar surface area (TPSA) is 61.4 Å². The molecule has 6 heteroatoms. The van der Waals surface area contributed by atoms with Gasteiger partial charge in [0.2, 0.25) is 0 Å². The minimum absolute atomic E-state index is 0.199. The van der Waals surface area contributed by atoms with Gasteiger partial charge in [-0.2, -0.15) is 0 Å². The van der Waals surface area contributed by atoms with Crippen LogP contribution in [0.5, 0.6) is 0 Å². The van der Waals surface area contributed by atoms with Gasteiger partial charge in [-0.1, -0.05) is 54.6 Å². The van der Waals surface area contributed by atoms with Gasteiger partial charge in [-0.25, -0.2) is 0 Å². The Bertz CT molecular complexity index is 960. The molecule has 0 bridgehead atoms. The van der Waals surface area contributed by atoms with E-state index < -0.39 is 0 Å². The van der Waals surface area contributed by atoms with Gasteiger partial charge in [-0.15, -0.1) is 10.2 Å². The summed E-state index contributed by atoms with van der Waals surface area (Å²) in [5, 5.41) is 13.6. The largest absolute Gasteiger partial charge is 0.353 e. The third kappa shape index (κ3) is 3.97. The Morgan fingerprint density at radius 2 is 1.68 bits per heavy atom. The Morgan fingerprint density at radius 3 is 2.50 bits per heavy atom. The third-order valence-electron chi connectivity index (χ3n) is 5.20. The van der Waals surface area contributed by atoms with Crippen molar-refractivity contribution in [3.63, 3.8) is 0 Å². The van der Waals surface area contributed by atoms with Crippen LogP contribution >= 0.6 is 0 Å². The van der Waals surface area contributed by atoms with E-state index in [1.807, 2.05) is 54.6 Å². The summed E-state index contributed by atoms with van der Waals surface area (Å²) in [5.74, 6) is 0.667. The van der Waals surface area contributed by atoms with Crippen LogP contribution in [0, 0.1) is 0 Å². The second-order valence-electron chi connectivity index (χ2n) is 7.23. The molecule has 3 aromatic rings. The van der Waals surface area contributed by atoms with Gasteiger partial charge in [0.25, 0.3) is 5.91 Å². The van der Waals surface area contributed by atoms with Crippen molar-refractivity contribution in [1.82, 2.24) is 20.4 Å². The van der Waals surface area contributed by atoms with Crippen molar-refractivity contribution in [1.29, 1.82) is 0 Å². The monoisotopic (exact) mass is 375 g/mol. The van der Waals surface area contributed by atoms with Crippen molar-refractivity contribution in [2.45, 2.75) is 13.0 Å². The van der Waals surface area contributed by atoms with Crippen molar-refractivity contribution >= 4 is 22.5 Å². The van der Waals surface area contributed by atoms with Crippen molar-refractivity contribution in [3.8, 4) is 0 Å². The summed E-state index contributed by atoms with van der Waals surface area (Å²) >= 11 is 0. The smallest absolute Gasteiger partial charge is 0.272 e. The van der Waals surface area contributed by atoms with E-state index in [2.05, 4.69) is 32.4 Å². The highest BCUT2D eigenvalue weighted by atomic mass is 16.1. The minimum atomic E-state index is -0.199. The van der Waals surface area contributed by atoms with Crippen molar-refractivity contribution in [2.24, 2.45) is 0 Å². The van der Waals surface area contributed by atoms with Gasteiger partial charge in [-0.05, 0) is 25.6 Å². The Kier molecular flexibility index (Phi) is 5.48. The number of hydrogen-bond acceptors (Lipinski definition) is 5. The minimum Gasteiger partial charge on any atom is -0.353 e. The molecule has 1 N–H and O–H groups in total. The zero-order valence-electron chi connectivity index (χ0n) is 16.1. The Morgan fingerprint density at radius 1 is 0.929 bits per heavy atom. The lowest BCUT2D eigenvalue weighted by molar-refractivity contribution is 0.0947.